The number of methoxy groups -OCH3 is 1. The molecule has 7 nitrogen and oxygen atoms in total. The Balaban J connectivity index is 1.88. The number of carbonyl (C=O) groups excluding carboxylic acids is 1. The molecule has 2 aromatic carbocycles. The van der Waals surface area contributed by atoms with Crippen molar-refractivity contribution in [3.05, 3.63) is 56.6 Å². The fourth-order valence-electron chi connectivity index (χ4n) is 3.23. The number of carbonyl (C=O) groups is 1. The van der Waals surface area contributed by atoms with Gasteiger partial charge in [-0.05, 0) is 36.5 Å². The van der Waals surface area contributed by atoms with Crippen molar-refractivity contribution >= 4 is 28.9 Å². The van der Waals surface area contributed by atoms with Crippen molar-refractivity contribution in [2.24, 2.45) is 5.92 Å². The number of hydrogen-bond donors (Lipinski definition) is 0. The summed E-state index contributed by atoms with van der Waals surface area (Å²) in [6.07, 6.45) is 1.50. The van der Waals surface area contributed by atoms with Crippen molar-refractivity contribution in [3.63, 3.8) is 0 Å². The third-order valence-corrected chi connectivity index (χ3v) is 5.12. The van der Waals surface area contributed by atoms with Crippen LogP contribution in [0.25, 0.3) is 0 Å². The van der Waals surface area contributed by atoms with Crippen LogP contribution < -0.4 is 14.4 Å². The molecule has 0 atom stereocenters. The lowest BCUT2D eigenvalue weighted by Gasteiger charge is -2.19. The van der Waals surface area contributed by atoms with E-state index in [9.17, 15) is 14.9 Å². The van der Waals surface area contributed by atoms with Crippen LogP contribution in [0.3, 0.4) is 0 Å². The summed E-state index contributed by atoms with van der Waals surface area (Å²) in [6, 6.07) is 7.72. The predicted octanol–water partition coefficient (Wildman–Crippen LogP) is 4.88. The molecule has 0 radical (unpaired) electrons. The predicted molar refractivity (Wildman–Crippen MR) is 111 cm³/mol. The summed E-state index contributed by atoms with van der Waals surface area (Å²) in [7, 11) is 1.49. The van der Waals surface area contributed by atoms with Crippen LogP contribution in [0, 0.1) is 16.0 Å². The van der Waals surface area contributed by atoms with E-state index in [4.69, 9.17) is 21.1 Å². The van der Waals surface area contributed by atoms with Crippen LogP contribution in [0.15, 0.2) is 30.3 Å². The topological polar surface area (TPSA) is 81.9 Å². The van der Waals surface area contributed by atoms with Gasteiger partial charge in [0.2, 0.25) is 0 Å². The van der Waals surface area contributed by atoms with Crippen LogP contribution in [-0.4, -0.2) is 31.1 Å². The second-order valence-electron chi connectivity index (χ2n) is 7.30. The third kappa shape index (κ3) is 4.45. The first-order valence-corrected chi connectivity index (χ1v) is 9.79. The highest BCUT2D eigenvalue weighted by atomic mass is 35.5. The summed E-state index contributed by atoms with van der Waals surface area (Å²) < 4.78 is 11.2. The minimum atomic E-state index is -0.468. The Bertz CT molecular complexity index is 945. The molecule has 1 aliphatic rings. The highest BCUT2D eigenvalue weighted by molar-refractivity contribution is 6.33. The average molecular weight is 419 g/mol. The summed E-state index contributed by atoms with van der Waals surface area (Å²) in [6.45, 7) is 5.14. The molecule has 0 N–H and O–H groups in total. The molecule has 0 saturated heterocycles. The Morgan fingerprint density at radius 3 is 2.72 bits per heavy atom. The van der Waals surface area contributed by atoms with E-state index >= 15 is 0 Å². The van der Waals surface area contributed by atoms with Gasteiger partial charge in [0.05, 0.1) is 29.4 Å². The number of nitro benzene ring substituents is 1. The fraction of sp³-hybridized carbons (Fsp3) is 0.381. The maximum atomic E-state index is 13.1. The molecule has 3 rings (SSSR count). The molecule has 2 aromatic rings. The van der Waals surface area contributed by atoms with Gasteiger partial charge in [-0.15, -0.1) is 0 Å². The van der Waals surface area contributed by atoms with E-state index in [1.54, 1.807) is 18.2 Å². The Morgan fingerprint density at radius 1 is 1.31 bits per heavy atom. The molecule has 1 heterocycles. The van der Waals surface area contributed by atoms with Crippen LogP contribution >= 0.6 is 11.6 Å². The van der Waals surface area contributed by atoms with Gasteiger partial charge in [-0.25, -0.2) is 0 Å². The Hall–Kier alpha value is -2.80. The van der Waals surface area contributed by atoms with Crippen LogP contribution in [0.2, 0.25) is 5.02 Å². The van der Waals surface area contributed by atoms with Crippen LogP contribution in [0.5, 0.6) is 11.5 Å². The van der Waals surface area contributed by atoms with E-state index in [0.717, 1.165) is 12.0 Å². The zero-order chi connectivity index (χ0) is 21.1. The van der Waals surface area contributed by atoms with Gasteiger partial charge < -0.3 is 14.4 Å². The van der Waals surface area contributed by atoms with Gasteiger partial charge in [0.25, 0.3) is 11.6 Å². The molecule has 0 aliphatic carbocycles. The largest absolute Gasteiger partial charge is 0.493 e. The zero-order valence-electron chi connectivity index (χ0n) is 16.6. The SMILES string of the molecule is COc1cc(C(=O)N2CCc3ccc([N+](=O)[O-])cc32)cc(Cl)c1OCCC(C)C. The Labute approximate surface area is 174 Å². The van der Waals surface area contributed by atoms with Crippen molar-refractivity contribution in [1.29, 1.82) is 0 Å². The van der Waals surface area contributed by atoms with Gasteiger partial charge in [-0.2, -0.15) is 0 Å². The number of benzene rings is 2. The molecule has 1 aliphatic heterocycles. The highest BCUT2D eigenvalue weighted by Crippen LogP contribution is 2.38. The molecule has 0 aromatic heterocycles. The monoisotopic (exact) mass is 418 g/mol. The number of amides is 1. The van der Waals surface area contributed by atoms with E-state index in [1.807, 2.05) is 0 Å². The van der Waals surface area contributed by atoms with Crippen molar-refractivity contribution in [2.45, 2.75) is 26.7 Å². The van der Waals surface area contributed by atoms with E-state index in [2.05, 4.69) is 13.8 Å². The summed E-state index contributed by atoms with van der Waals surface area (Å²) in [5.74, 6) is 0.977. The number of anilines is 1. The highest BCUT2D eigenvalue weighted by Gasteiger charge is 2.28. The molecular formula is C21H23ClN2O5. The quantitative estimate of drug-likeness (QED) is 0.472. The Morgan fingerprint density at radius 2 is 2.07 bits per heavy atom. The number of hydrogen-bond acceptors (Lipinski definition) is 5. The standard InChI is InChI=1S/C21H23ClN2O5/c1-13(2)7-9-29-20-17(22)10-15(11-19(20)28-3)21(25)23-8-6-14-4-5-16(24(26)27)12-18(14)23/h4-5,10-13H,6-9H2,1-3H3. The lowest BCUT2D eigenvalue weighted by Crippen LogP contribution is -2.29. The molecular weight excluding hydrogens is 396 g/mol. The summed E-state index contributed by atoms with van der Waals surface area (Å²) in [4.78, 5) is 25.3. The first-order valence-electron chi connectivity index (χ1n) is 9.41. The molecule has 29 heavy (non-hydrogen) atoms. The van der Waals surface area contributed by atoms with Crippen molar-refractivity contribution in [2.75, 3.05) is 25.2 Å². The number of non-ortho nitro benzene ring substituents is 1. The lowest BCUT2D eigenvalue weighted by molar-refractivity contribution is -0.384. The van der Waals surface area contributed by atoms with Gasteiger partial charge in [0.15, 0.2) is 11.5 Å². The molecule has 0 saturated carbocycles. The second-order valence-corrected chi connectivity index (χ2v) is 7.70. The van der Waals surface area contributed by atoms with Gasteiger partial charge in [0, 0.05) is 24.2 Å². The van der Waals surface area contributed by atoms with Gasteiger partial charge >= 0.3 is 0 Å². The lowest BCUT2D eigenvalue weighted by atomic mass is 10.1. The molecule has 0 fully saturated rings. The number of nitro groups is 1. The smallest absolute Gasteiger partial charge is 0.271 e. The molecule has 0 bridgehead atoms. The Kier molecular flexibility index (Phi) is 6.27. The molecule has 8 heteroatoms. The normalized spacial score (nSPS) is 12.8. The van der Waals surface area contributed by atoms with Gasteiger partial charge in [0.1, 0.15) is 0 Å². The first-order chi connectivity index (χ1) is 13.8. The summed E-state index contributed by atoms with van der Waals surface area (Å²) in [5.41, 5.74) is 1.74. The van der Waals surface area contributed by atoms with Crippen LogP contribution in [-0.2, 0) is 6.42 Å². The second kappa shape index (κ2) is 8.69. The third-order valence-electron chi connectivity index (χ3n) is 4.84. The molecule has 0 unspecified atom stereocenters. The summed E-state index contributed by atoms with van der Waals surface area (Å²) in [5, 5.41) is 11.4. The van der Waals surface area contributed by atoms with E-state index in [-0.39, 0.29) is 16.6 Å². The minimum Gasteiger partial charge on any atom is -0.493 e. The van der Waals surface area contributed by atoms with E-state index in [0.29, 0.717) is 48.2 Å². The molecule has 154 valence electrons. The zero-order valence-corrected chi connectivity index (χ0v) is 17.4. The van der Waals surface area contributed by atoms with E-state index in [1.165, 1.54) is 24.1 Å². The maximum Gasteiger partial charge on any atom is 0.271 e. The average Bonchev–Trinajstić information content (AvgIpc) is 3.11. The number of ether oxygens (including phenoxy) is 2. The van der Waals surface area contributed by atoms with Crippen LogP contribution in [0.1, 0.15) is 36.2 Å². The van der Waals surface area contributed by atoms with E-state index < -0.39 is 4.92 Å². The maximum absolute atomic E-state index is 13.1. The minimum absolute atomic E-state index is 0.0482. The van der Waals surface area contributed by atoms with Gasteiger partial charge in [-0.3, -0.25) is 14.9 Å². The van der Waals surface area contributed by atoms with Crippen molar-refractivity contribution < 1.29 is 19.2 Å². The number of nitrogens with zero attached hydrogens (tertiary/aromatic N) is 2. The fourth-order valence-corrected chi connectivity index (χ4v) is 3.49. The number of fused-ring (bicyclic) bond motifs is 1. The first kappa shape index (κ1) is 20.9. The van der Waals surface area contributed by atoms with Crippen molar-refractivity contribution in [3.8, 4) is 11.5 Å². The van der Waals surface area contributed by atoms with Gasteiger partial charge in [-0.1, -0.05) is 31.5 Å². The number of halogens is 1. The van der Waals surface area contributed by atoms with Crippen LogP contribution in [0.4, 0.5) is 11.4 Å². The molecule has 0 spiro atoms. The summed E-state index contributed by atoms with van der Waals surface area (Å²) >= 11 is 6.38. The molecule has 1 amide bonds. The van der Waals surface area contributed by atoms with Crippen molar-refractivity contribution in [1.82, 2.24) is 0 Å². The number of rotatable bonds is 7.